The summed E-state index contributed by atoms with van der Waals surface area (Å²) in [6.07, 6.45) is 0. The fraction of sp³-hybridized carbons (Fsp3) is 0.429. The molecule has 0 rings (SSSR count). The molecule has 0 aliphatic carbocycles. The molecular formula is C7H13N3O2. The van der Waals surface area contributed by atoms with E-state index >= 15 is 0 Å². The van der Waals surface area contributed by atoms with Gasteiger partial charge in [-0.05, 0) is 6.92 Å². The quantitative estimate of drug-likeness (QED) is 0.325. The summed E-state index contributed by atoms with van der Waals surface area (Å²) < 4.78 is 4.59. The third-order valence-corrected chi connectivity index (χ3v) is 0.699. The lowest BCUT2D eigenvalue weighted by atomic mass is 10.4. The van der Waals surface area contributed by atoms with Crippen molar-refractivity contribution in [2.24, 2.45) is 5.73 Å². The Kier molecular flexibility index (Phi) is 10.5. The third-order valence-electron chi connectivity index (χ3n) is 0.699. The van der Waals surface area contributed by atoms with Crippen LogP contribution in [-0.4, -0.2) is 25.1 Å². The molecule has 0 unspecified atom stereocenters. The van der Waals surface area contributed by atoms with Crippen molar-refractivity contribution in [1.82, 2.24) is 0 Å². The summed E-state index contributed by atoms with van der Waals surface area (Å²) in [6, 6.07) is 1.25. The van der Waals surface area contributed by atoms with E-state index in [9.17, 15) is 4.79 Å². The smallest absolute Gasteiger partial charge is 0.333 e. The van der Waals surface area contributed by atoms with Crippen LogP contribution in [0.2, 0.25) is 0 Å². The van der Waals surface area contributed by atoms with E-state index in [1.165, 1.54) is 6.01 Å². The molecular weight excluding hydrogens is 158 g/mol. The fourth-order valence-electron chi connectivity index (χ4n) is 0.275. The van der Waals surface area contributed by atoms with Crippen LogP contribution < -0.4 is 5.73 Å². The van der Waals surface area contributed by atoms with Gasteiger partial charge < -0.3 is 10.5 Å². The minimum absolute atomic E-state index is 0.270. The molecule has 0 aromatic carbocycles. The van der Waals surface area contributed by atoms with Crippen LogP contribution in [0.1, 0.15) is 6.92 Å². The normalized spacial score (nSPS) is 7.17. The summed E-state index contributed by atoms with van der Waals surface area (Å²) in [5.74, 6) is -0.375. The Morgan fingerprint density at radius 3 is 2.33 bits per heavy atom. The van der Waals surface area contributed by atoms with E-state index in [1.54, 1.807) is 6.92 Å². The first-order valence-electron chi connectivity index (χ1n) is 3.21. The van der Waals surface area contributed by atoms with Gasteiger partial charge in [0, 0.05) is 12.1 Å². The van der Waals surface area contributed by atoms with Crippen LogP contribution in [0.15, 0.2) is 12.2 Å². The molecule has 0 spiro atoms. The number of carbonyl (C=O) groups is 1. The van der Waals surface area contributed by atoms with Crippen molar-refractivity contribution in [3.05, 3.63) is 12.2 Å². The first-order valence-corrected chi connectivity index (χ1v) is 3.21. The van der Waals surface area contributed by atoms with E-state index in [-0.39, 0.29) is 12.6 Å². The molecule has 0 fully saturated rings. The molecule has 0 aromatic rings. The third kappa shape index (κ3) is 11.4. The van der Waals surface area contributed by atoms with Crippen molar-refractivity contribution in [1.29, 1.82) is 10.8 Å². The summed E-state index contributed by atoms with van der Waals surface area (Å²) in [7, 11) is 0. The number of rotatable bonds is 3. The van der Waals surface area contributed by atoms with Crippen LogP contribution in [0.3, 0.4) is 0 Å². The van der Waals surface area contributed by atoms with Crippen LogP contribution in [0.4, 0.5) is 0 Å². The summed E-state index contributed by atoms with van der Waals surface area (Å²) in [5.41, 5.74) is 5.48. The number of ether oxygens (including phenoxy) is 1. The van der Waals surface area contributed by atoms with Gasteiger partial charge in [-0.3, -0.25) is 0 Å². The Morgan fingerprint density at radius 1 is 1.67 bits per heavy atom. The first-order chi connectivity index (χ1) is 5.59. The second-order valence-electron chi connectivity index (χ2n) is 1.83. The zero-order valence-corrected chi connectivity index (χ0v) is 7.02. The Labute approximate surface area is 71.2 Å². The predicted octanol–water partition coefficient (Wildman–Crippen LogP) is 0.382. The van der Waals surface area contributed by atoms with Gasteiger partial charge in [0.25, 0.3) is 0 Å². The Morgan fingerprint density at radius 2 is 2.08 bits per heavy atom. The molecule has 0 heterocycles. The molecule has 68 valence electrons. The van der Waals surface area contributed by atoms with Crippen molar-refractivity contribution in [3.8, 4) is 0 Å². The number of carbonyl (C=O) groups excluding carboxylic acids is 1. The summed E-state index contributed by atoms with van der Waals surface area (Å²) in [4.78, 5) is 10.5. The average Bonchev–Trinajstić information content (AvgIpc) is 2.01. The monoisotopic (exact) mass is 171 g/mol. The molecule has 0 saturated carbocycles. The van der Waals surface area contributed by atoms with Crippen molar-refractivity contribution in [3.63, 3.8) is 0 Å². The minimum Gasteiger partial charge on any atom is -0.461 e. The lowest BCUT2D eigenvalue weighted by Gasteiger charge is -1.99. The second kappa shape index (κ2) is 9.55. The second-order valence-corrected chi connectivity index (χ2v) is 1.83. The molecule has 0 aliphatic heterocycles. The van der Waals surface area contributed by atoms with Gasteiger partial charge in [-0.2, -0.15) is 0 Å². The molecule has 0 bridgehead atoms. The maximum absolute atomic E-state index is 10.5. The van der Waals surface area contributed by atoms with E-state index in [0.717, 1.165) is 0 Å². The molecule has 0 atom stereocenters. The molecule has 0 aromatic heterocycles. The number of hydrogen-bond donors (Lipinski definition) is 3. The van der Waals surface area contributed by atoms with Gasteiger partial charge in [0.15, 0.2) is 0 Å². The fourth-order valence-corrected chi connectivity index (χ4v) is 0.275. The van der Waals surface area contributed by atoms with Crippen LogP contribution >= 0.6 is 0 Å². The van der Waals surface area contributed by atoms with Crippen molar-refractivity contribution in [2.75, 3.05) is 13.2 Å². The zero-order valence-electron chi connectivity index (χ0n) is 7.02. The van der Waals surface area contributed by atoms with E-state index in [0.29, 0.717) is 12.1 Å². The van der Waals surface area contributed by atoms with Gasteiger partial charge >= 0.3 is 5.97 Å². The highest BCUT2D eigenvalue weighted by molar-refractivity contribution is 5.86. The van der Waals surface area contributed by atoms with Gasteiger partial charge in [0.1, 0.15) is 6.61 Å². The zero-order chi connectivity index (χ0) is 9.98. The lowest BCUT2D eigenvalue weighted by molar-refractivity contribution is -0.138. The maximum Gasteiger partial charge on any atom is 0.333 e. The largest absolute Gasteiger partial charge is 0.461 e. The Balaban J connectivity index is 0. The van der Waals surface area contributed by atoms with Crippen LogP contribution in [0.5, 0.6) is 0 Å². The van der Waals surface area contributed by atoms with Crippen molar-refractivity contribution >= 4 is 12.0 Å². The molecule has 0 amide bonds. The average molecular weight is 171 g/mol. The van der Waals surface area contributed by atoms with Crippen molar-refractivity contribution < 1.29 is 9.53 Å². The molecule has 12 heavy (non-hydrogen) atoms. The molecule has 0 radical (unpaired) electrons. The summed E-state index contributed by atoms with van der Waals surface area (Å²) in [6.45, 7) is 5.62. The maximum atomic E-state index is 10.5. The number of esters is 1. The van der Waals surface area contributed by atoms with E-state index in [1.807, 2.05) is 0 Å². The minimum atomic E-state index is -0.375. The molecule has 0 aliphatic rings. The molecule has 5 nitrogen and oxygen atoms in total. The Hall–Kier alpha value is -1.45. The first kappa shape index (κ1) is 13.2. The number of nitrogens with one attached hydrogen (secondary N) is 2. The highest BCUT2D eigenvalue weighted by Crippen LogP contribution is 1.89. The van der Waals surface area contributed by atoms with Crippen molar-refractivity contribution in [2.45, 2.75) is 6.92 Å². The predicted molar refractivity (Wildman–Crippen MR) is 45.3 cm³/mol. The van der Waals surface area contributed by atoms with Gasteiger partial charge in [0.05, 0.1) is 6.01 Å². The topological polar surface area (TPSA) is 100 Å². The lowest BCUT2D eigenvalue weighted by Crippen LogP contribution is -2.13. The molecule has 0 saturated heterocycles. The summed E-state index contributed by atoms with van der Waals surface area (Å²) in [5, 5.41) is 11.2. The van der Waals surface area contributed by atoms with E-state index in [4.69, 9.17) is 16.6 Å². The van der Waals surface area contributed by atoms with Crippen LogP contribution in [0.25, 0.3) is 0 Å². The van der Waals surface area contributed by atoms with Crippen LogP contribution in [0, 0.1) is 10.8 Å². The van der Waals surface area contributed by atoms with E-state index < -0.39 is 0 Å². The highest BCUT2D eigenvalue weighted by Gasteiger charge is 1.99. The number of hydrogen-bond acceptors (Lipinski definition) is 5. The van der Waals surface area contributed by atoms with Gasteiger partial charge in [0.2, 0.25) is 0 Å². The Bertz CT molecular complexity index is 183. The van der Waals surface area contributed by atoms with Crippen LogP contribution in [-0.2, 0) is 9.53 Å². The standard InChI is InChI=1S/C6H11NO2.CH2N2/c1-5(2)6(8)9-4-3-7;2-1-3/h1,3-4,7H2,2H3;2-3H. The molecule has 4 N–H and O–H groups in total. The highest BCUT2D eigenvalue weighted by atomic mass is 16.5. The number of nitrogens with two attached hydrogens (primary N) is 1. The summed E-state index contributed by atoms with van der Waals surface area (Å²) >= 11 is 0. The van der Waals surface area contributed by atoms with Gasteiger partial charge in [-0.25, -0.2) is 15.6 Å². The molecule has 5 heteroatoms. The SMILES string of the molecule is C=C(C)C(=O)OCCN.N=C=N. The van der Waals surface area contributed by atoms with Gasteiger partial charge in [-0.1, -0.05) is 6.58 Å². The van der Waals surface area contributed by atoms with E-state index in [2.05, 4.69) is 11.3 Å². The van der Waals surface area contributed by atoms with Gasteiger partial charge in [-0.15, -0.1) is 0 Å².